The van der Waals surface area contributed by atoms with Crippen molar-refractivity contribution in [3.63, 3.8) is 0 Å². The van der Waals surface area contributed by atoms with Gasteiger partial charge in [0.25, 0.3) is 0 Å². The number of hydrogen-bond donors (Lipinski definition) is 1. The van der Waals surface area contributed by atoms with E-state index in [4.69, 9.17) is 29.4 Å². The van der Waals surface area contributed by atoms with Crippen LogP contribution in [0, 0.1) is 17.2 Å². The minimum absolute atomic E-state index is 0.0477. The Morgan fingerprint density at radius 3 is 1.97 bits per heavy atom. The van der Waals surface area contributed by atoms with Gasteiger partial charge in [0.1, 0.15) is 0 Å². The summed E-state index contributed by atoms with van der Waals surface area (Å²) in [6.07, 6.45) is 4.72. The van der Waals surface area contributed by atoms with Gasteiger partial charge in [-0.25, -0.2) is 0 Å². The van der Waals surface area contributed by atoms with Crippen LogP contribution in [0.3, 0.4) is 0 Å². The first kappa shape index (κ1) is 29.1. The molecule has 2 N–H and O–H groups in total. The Bertz CT molecular complexity index is 1020. The van der Waals surface area contributed by atoms with Crippen LogP contribution in [0.4, 0.5) is 0 Å². The fourth-order valence-electron chi connectivity index (χ4n) is 5.26. The average molecular weight is 499 g/mol. The monoisotopic (exact) mass is 498 g/mol. The molecule has 2 aromatic carbocycles. The molecule has 0 spiro atoms. The molecule has 0 amide bonds. The molecule has 7 nitrogen and oxygen atoms in total. The zero-order valence-corrected chi connectivity index (χ0v) is 22.8. The van der Waals surface area contributed by atoms with Gasteiger partial charge < -0.3 is 29.4 Å². The minimum Gasteiger partial charge on any atom is -0.493 e. The van der Waals surface area contributed by atoms with Gasteiger partial charge in [-0.1, -0.05) is 32.8 Å². The van der Waals surface area contributed by atoms with Crippen LogP contribution in [0.15, 0.2) is 30.3 Å². The molecule has 0 heterocycles. The van der Waals surface area contributed by atoms with Crippen molar-refractivity contribution in [2.75, 3.05) is 35.5 Å². The highest BCUT2D eigenvalue weighted by atomic mass is 16.5. The molecule has 2 atom stereocenters. The van der Waals surface area contributed by atoms with Gasteiger partial charge in [0.15, 0.2) is 23.0 Å². The lowest BCUT2D eigenvalue weighted by Gasteiger charge is -2.36. The number of methoxy groups -OCH3 is 5. The van der Waals surface area contributed by atoms with Crippen molar-refractivity contribution in [1.29, 1.82) is 5.26 Å². The quantitative estimate of drug-likeness (QED) is 0.338. The number of benzene rings is 2. The van der Waals surface area contributed by atoms with E-state index in [0.29, 0.717) is 41.6 Å². The van der Waals surface area contributed by atoms with Crippen molar-refractivity contribution in [3.05, 3.63) is 41.5 Å². The van der Waals surface area contributed by atoms with Gasteiger partial charge in [0, 0.05) is 11.6 Å². The second kappa shape index (κ2) is 13.8. The number of nitrogens with two attached hydrogens (primary N) is 1. The lowest BCUT2D eigenvalue weighted by molar-refractivity contribution is 0.270. The van der Waals surface area contributed by atoms with Crippen molar-refractivity contribution >= 4 is 0 Å². The van der Waals surface area contributed by atoms with Crippen LogP contribution in [0.2, 0.25) is 0 Å². The topological polar surface area (TPSA) is 96.0 Å². The van der Waals surface area contributed by atoms with Gasteiger partial charge in [-0.2, -0.15) is 5.26 Å². The van der Waals surface area contributed by atoms with Crippen LogP contribution in [0.1, 0.15) is 57.1 Å². The lowest BCUT2D eigenvalue weighted by atomic mass is 9.65. The molecule has 0 radical (unpaired) electrons. The second-order valence-corrected chi connectivity index (χ2v) is 9.02. The van der Waals surface area contributed by atoms with E-state index in [9.17, 15) is 5.26 Å². The predicted molar refractivity (Wildman–Crippen MR) is 143 cm³/mol. The SMILES string of the molecule is CCC(CC)C(C#N)(CCCC(N)Cc1ccc(OC)c(OC)c1)c1ccc(OC)c(OC)c1OC. The molecular formula is C29H42N2O5. The van der Waals surface area contributed by atoms with Crippen LogP contribution in [-0.4, -0.2) is 41.6 Å². The van der Waals surface area contributed by atoms with Crippen molar-refractivity contribution < 1.29 is 23.7 Å². The average Bonchev–Trinajstić information content (AvgIpc) is 2.91. The number of ether oxygens (including phenoxy) is 5. The molecule has 2 unspecified atom stereocenters. The Hall–Kier alpha value is -3.11. The first-order chi connectivity index (χ1) is 17.4. The van der Waals surface area contributed by atoms with E-state index in [0.717, 1.165) is 36.8 Å². The molecule has 0 aliphatic rings. The summed E-state index contributed by atoms with van der Waals surface area (Å²) in [6.45, 7) is 4.27. The van der Waals surface area contributed by atoms with Crippen molar-refractivity contribution in [3.8, 4) is 34.8 Å². The van der Waals surface area contributed by atoms with Crippen LogP contribution >= 0.6 is 0 Å². The molecule has 0 aliphatic heterocycles. The Morgan fingerprint density at radius 1 is 0.833 bits per heavy atom. The summed E-state index contributed by atoms with van der Waals surface area (Å²) in [5.74, 6) is 3.18. The molecule has 0 saturated carbocycles. The Morgan fingerprint density at radius 2 is 1.44 bits per heavy atom. The fourth-order valence-corrected chi connectivity index (χ4v) is 5.26. The summed E-state index contributed by atoms with van der Waals surface area (Å²) in [6, 6.07) is 12.3. The molecule has 7 heteroatoms. The van der Waals surface area contributed by atoms with Crippen LogP contribution in [-0.2, 0) is 11.8 Å². The van der Waals surface area contributed by atoms with E-state index in [1.54, 1.807) is 35.5 Å². The van der Waals surface area contributed by atoms with Gasteiger partial charge >= 0.3 is 0 Å². The van der Waals surface area contributed by atoms with Gasteiger partial charge in [-0.15, -0.1) is 0 Å². The molecule has 36 heavy (non-hydrogen) atoms. The first-order valence-electron chi connectivity index (χ1n) is 12.6. The van der Waals surface area contributed by atoms with Crippen molar-refractivity contribution in [2.24, 2.45) is 11.7 Å². The fraction of sp³-hybridized carbons (Fsp3) is 0.552. The van der Waals surface area contributed by atoms with Crippen LogP contribution < -0.4 is 29.4 Å². The van der Waals surface area contributed by atoms with Gasteiger partial charge in [0.05, 0.1) is 47.0 Å². The molecule has 0 saturated heterocycles. The third-order valence-corrected chi connectivity index (χ3v) is 7.16. The lowest BCUT2D eigenvalue weighted by Crippen LogP contribution is -2.35. The third kappa shape index (κ3) is 6.17. The van der Waals surface area contributed by atoms with E-state index >= 15 is 0 Å². The maximum absolute atomic E-state index is 10.6. The standard InChI is InChI=1S/C29H42N2O5/c1-8-21(9-2)29(19-30,23-13-15-25(33-4)28(36-7)27(23)35-6)16-10-11-22(31)17-20-12-14-24(32-3)26(18-20)34-5/h12-15,18,21-22H,8-11,16-17,31H2,1-7H3. The number of hydrogen-bond acceptors (Lipinski definition) is 7. The van der Waals surface area contributed by atoms with Gasteiger partial charge in [-0.3, -0.25) is 0 Å². The summed E-state index contributed by atoms with van der Waals surface area (Å²) in [5, 5.41) is 10.6. The summed E-state index contributed by atoms with van der Waals surface area (Å²) in [4.78, 5) is 0. The Balaban J connectivity index is 2.31. The van der Waals surface area contributed by atoms with Crippen molar-refractivity contribution in [1.82, 2.24) is 0 Å². The number of nitrogens with zero attached hydrogens (tertiary/aromatic N) is 1. The van der Waals surface area contributed by atoms with E-state index in [1.165, 1.54) is 0 Å². The third-order valence-electron chi connectivity index (χ3n) is 7.16. The molecule has 0 bridgehead atoms. The van der Waals surface area contributed by atoms with E-state index in [-0.39, 0.29) is 12.0 Å². The Labute approximate surface area is 216 Å². The largest absolute Gasteiger partial charge is 0.493 e. The predicted octanol–water partition coefficient (Wildman–Crippen LogP) is 5.67. The molecule has 0 aromatic heterocycles. The van der Waals surface area contributed by atoms with Crippen LogP contribution in [0.25, 0.3) is 0 Å². The summed E-state index contributed by atoms with van der Waals surface area (Å²) in [7, 11) is 8.04. The molecule has 2 rings (SSSR count). The van der Waals surface area contributed by atoms with E-state index in [1.807, 2.05) is 30.3 Å². The van der Waals surface area contributed by atoms with E-state index < -0.39 is 5.41 Å². The number of rotatable bonds is 15. The first-order valence-corrected chi connectivity index (χ1v) is 12.6. The zero-order chi connectivity index (χ0) is 26.7. The smallest absolute Gasteiger partial charge is 0.203 e. The zero-order valence-electron chi connectivity index (χ0n) is 22.8. The molecule has 0 fully saturated rings. The highest BCUT2D eigenvalue weighted by molar-refractivity contribution is 5.59. The van der Waals surface area contributed by atoms with Gasteiger partial charge in [-0.05, 0) is 61.4 Å². The highest BCUT2D eigenvalue weighted by Crippen LogP contribution is 2.50. The maximum Gasteiger partial charge on any atom is 0.203 e. The molecule has 2 aromatic rings. The second-order valence-electron chi connectivity index (χ2n) is 9.02. The Kier molecular flexibility index (Phi) is 11.2. The minimum atomic E-state index is -0.739. The van der Waals surface area contributed by atoms with E-state index in [2.05, 4.69) is 19.9 Å². The van der Waals surface area contributed by atoms with Crippen LogP contribution in [0.5, 0.6) is 28.7 Å². The molecular weight excluding hydrogens is 456 g/mol. The van der Waals surface area contributed by atoms with Gasteiger partial charge in [0.2, 0.25) is 5.75 Å². The molecule has 198 valence electrons. The summed E-state index contributed by atoms with van der Waals surface area (Å²) < 4.78 is 27.7. The van der Waals surface area contributed by atoms with Crippen molar-refractivity contribution in [2.45, 2.75) is 63.8 Å². The summed E-state index contributed by atoms with van der Waals surface area (Å²) in [5.41, 5.74) is 7.73. The normalized spacial score (nSPS) is 13.4. The maximum atomic E-state index is 10.6. The number of nitriles is 1. The molecule has 0 aliphatic carbocycles. The summed E-state index contributed by atoms with van der Waals surface area (Å²) >= 11 is 0. The highest BCUT2D eigenvalue weighted by Gasteiger charge is 2.42.